The number of furan rings is 1. The van der Waals surface area contributed by atoms with Crippen LogP contribution in [0.4, 0.5) is 4.79 Å². The van der Waals surface area contributed by atoms with Gasteiger partial charge in [-0.2, -0.15) is 5.10 Å². The Morgan fingerprint density at radius 2 is 2.16 bits per heavy atom. The normalized spacial score (nSPS) is 17.0. The molecule has 0 spiro atoms. The number of rotatable bonds is 5. The van der Waals surface area contributed by atoms with Gasteiger partial charge in [-0.05, 0) is 49.8 Å². The van der Waals surface area contributed by atoms with Crippen molar-refractivity contribution in [3.05, 3.63) is 41.1 Å². The summed E-state index contributed by atoms with van der Waals surface area (Å²) >= 11 is 0. The van der Waals surface area contributed by atoms with E-state index in [0.29, 0.717) is 19.1 Å². The molecule has 0 aromatic carbocycles. The van der Waals surface area contributed by atoms with Gasteiger partial charge >= 0.3 is 6.03 Å². The average Bonchev–Trinajstić information content (AvgIpc) is 3.35. The second-order valence-corrected chi connectivity index (χ2v) is 7.22. The summed E-state index contributed by atoms with van der Waals surface area (Å²) in [7, 11) is 2.00. The van der Waals surface area contributed by atoms with E-state index >= 15 is 0 Å². The highest BCUT2D eigenvalue weighted by atomic mass is 16.3. The molecule has 2 aromatic rings. The van der Waals surface area contributed by atoms with Gasteiger partial charge in [-0.15, -0.1) is 0 Å². The van der Waals surface area contributed by atoms with Crippen molar-refractivity contribution in [3.63, 3.8) is 0 Å². The monoisotopic (exact) mass is 342 g/mol. The van der Waals surface area contributed by atoms with E-state index in [-0.39, 0.29) is 6.03 Å². The quantitative estimate of drug-likeness (QED) is 0.908. The van der Waals surface area contributed by atoms with Gasteiger partial charge in [0.1, 0.15) is 5.76 Å². The number of urea groups is 1. The Bertz CT molecular complexity index is 729. The number of aryl methyl sites for hydroxylation is 1. The van der Waals surface area contributed by atoms with Gasteiger partial charge in [0.25, 0.3) is 0 Å². The van der Waals surface area contributed by atoms with Gasteiger partial charge in [-0.25, -0.2) is 4.79 Å². The Hall–Kier alpha value is -2.24. The Kier molecular flexibility index (Phi) is 4.51. The minimum atomic E-state index is -0.0132. The van der Waals surface area contributed by atoms with E-state index in [2.05, 4.69) is 10.4 Å². The average molecular weight is 342 g/mol. The minimum Gasteiger partial charge on any atom is -0.467 e. The van der Waals surface area contributed by atoms with Gasteiger partial charge in [0.15, 0.2) is 0 Å². The van der Waals surface area contributed by atoms with Crippen LogP contribution in [0.3, 0.4) is 0 Å². The minimum absolute atomic E-state index is 0.0132. The fourth-order valence-corrected chi connectivity index (χ4v) is 4.13. The fourth-order valence-electron chi connectivity index (χ4n) is 4.13. The van der Waals surface area contributed by atoms with Crippen LogP contribution in [0.5, 0.6) is 0 Å². The van der Waals surface area contributed by atoms with Crippen molar-refractivity contribution in [1.29, 1.82) is 0 Å². The first-order chi connectivity index (χ1) is 12.2. The zero-order valence-electron chi connectivity index (χ0n) is 14.8. The smallest absolute Gasteiger partial charge is 0.318 e. The zero-order valence-corrected chi connectivity index (χ0v) is 14.8. The van der Waals surface area contributed by atoms with E-state index in [1.807, 2.05) is 28.8 Å². The lowest BCUT2D eigenvalue weighted by atomic mass is 10.2. The summed E-state index contributed by atoms with van der Waals surface area (Å²) in [4.78, 5) is 14.7. The molecule has 2 aliphatic rings. The molecule has 4 rings (SSSR count). The van der Waals surface area contributed by atoms with E-state index in [0.717, 1.165) is 37.1 Å². The Morgan fingerprint density at radius 3 is 2.92 bits per heavy atom. The number of nitrogens with zero attached hydrogens (tertiary/aromatic N) is 3. The van der Waals surface area contributed by atoms with Gasteiger partial charge in [-0.3, -0.25) is 4.68 Å². The third-order valence-electron chi connectivity index (χ3n) is 5.44. The van der Waals surface area contributed by atoms with Crippen LogP contribution in [0, 0.1) is 0 Å². The van der Waals surface area contributed by atoms with Crippen molar-refractivity contribution in [2.24, 2.45) is 7.05 Å². The van der Waals surface area contributed by atoms with Gasteiger partial charge in [-0.1, -0.05) is 12.8 Å². The second kappa shape index (κ2) is 6.94. The standard InChI is InChI=1S/C19H26N4O2/c1-22-18-10-4-9-16(18)17(21-22)13-23(12-15-8-5-11-25-15)19(24)20-14-6-2-3-7-14/h5,8,11,14H,2-4,6-7,9-10,12-13H2,1H3,(H,20,24). The largest absolute Gasteiger partial charge is 0.467 e. The van der Waals surface area contributed by atoms with E-state index in [9.17, 15) is 4.79 Å². The van der Waals surface area contributed by atoms with Crippen LogP contribution in [0.1, 0.15) is 54.8 Å². The number of carbonyl (C=O) groups excluding carboxylic acids is 1. The lowest BCUT2D eigenvalue weighted by molar-refractivity contribution is 0.182. The van der Waals surface area contributed by atoms with Crippen molar-refractivity contribution >= 4 is 6.03 Å². The summed E-state index contributed by atoms with van der Waals surface area (Å²) in [6.45, 7) is 0.999. The van der Waals surface area contributed by atoms with E-state index < -0.39 is 0 Å². The van der Waals surface area contributed by atoms with Crippen LogP contribution >= 0.6 is 0 Å². The van der Waals surface area contributed by atoms with Crippen LogP contribution in [0.25, 0.3) is 0 Å². The topological polar surface area (TPSA) is 63.3 Å². The Labute approximate surface area is 148 Å². The molecular weight excluding hydrogens is 316 g/mol. The molecule has 0 radical (unpaired) electrons. The van der Waals surface area contributed by atoms with Crippen LogP contribution in [-0.4, -0.2) is 26.8 Å². The summed E-state index contributed by atoms with van der Waals surface area (Å²) < 4.78 is 7.46. The van der Waals surface area contributed by atoms with Crippen molar-refractivity contribution in [2.75, 3.05) is 0 Å². The maximum atomic E-state index is 12.9. The van der Waals surface area contributed by atoms with E-state index in [1.165, 1.54) is 30.5 Å². The number of aromatic nitrogens is 2. The first kappa shape index (κ1) is 16.2. The first-order valence-electron chi connectivity index (χ1n) is 9.32. The van der Waals surface area contributed by atoms with Crippen molar-refractivity contribution in [1.82, 2.24) is 20.0 Å². The molecule has 1 fully saturated rings. The van der Waals surface area contributed by atoms with Crippen LogP contribution in [0.15, 0.2) is 22.8 Å². The third kappa shape index (κ3) is 3.43. The number of fused-ring (bicyclic) bond motifs is 1. The SMILES string of the molecule is Cn1nc(CN(Cc2ccco2)C(=O)NC2CCCC2)c2c1CCC2. The number of hydrogen-bond donors (Lipinski definition) is 1. The second-order valence-electron chi connectivity index (χ2n) is 7.22. The van der Waals surface area contributed by atoms with Gasteiger partial charge in [0.2, 0.25) is 0 Å². The molecule has 25 heavy (non-hydrogen) atoms. The summed E-state index contributed by atoms with van der Waals surface area (Å²) in [5.41, 5.74) is 3.69. The lowest BCUT2D eigenvalue weighted by Gasteiger charge is -2.24. The Balaban J connectivity index is 1.52. The van der Waals surface area contributed by atoms with E-state index in [1.54, 1.807) is 6.26 Å². The van der Waals surface area contributed by atoms with Crippen molar-refractivity contribution in [3.8, 4) is 0 Å². The summed E-state index contributed by atoms with van der Waals surface area (Å²) in [6.07, 6.45) is 9.57. The van der Waals surface area contributed by atoms with Crippen LogP contribution in [0.2, 0.25) is 0 Å². The molecule has 2 aliphatic carbocycles. The van der Waals surface area contributed by atoms with E-state index in [4.69, 9.17) is 4.42 Å². The maximum Gasteiger partial charge on any atom is 0.318 e. The summed E-state index contributed by atoms with van der Waals surface area (Å²) in [6, 6.07) is 4.07. The third-order valence-corrected chi connectivity index (χ3v) is 5.44. The molecule has 6 nitrogen and oxygen atoms in total. The summed E-state index contributed by atoms with van der Waals surface area (Å²) in [5, 5.41) is 7.88. The molecule has 1 N–H and O–H groups in total. The molecule has 2 amide bonds. The molecule has 2 heterocycles. The highest BCUT2D eigenvalue weighted by Gasteiger charge is 2.26. The van der Waals surface area contributed by atoms with Crippen LogP contribution < -0.4 is 5.32 Å². The van der Waals surface area contributed by atoms with Crippen molar-refractivity contribution in [2.45, 2.75) is 64.1 Å². The number of amides is 2. The highest BCUT2D eigenvalue weighted by Crippen LogP contribution is 2.26. The van der Waals surface area contributed by atoms with Crippen LogP contribution in [-0.2, 0) is 33.0 Å². The summed E-state index contributed by atoms with van der Waals surface area (Å²) in [5.74, 6) is 0.800. The van der Waals surface area contributed by atoms with Gasteiger partial charge in [0, 0.05) is 18.8 Å². The molecule has 6 heteroatoms. The van der Waals surface area contributed by atoms with Crippen molar-refractivity contribution < 1.29 is 9.21 Å². The molecule has 134 valence electrons. The lowest BCUT2D eigenvalue weighted by Crippen LogP contribution is -2.43. The number of hydrogen-bond acceptors (Lipinski definition) is 3. The predicted octanol–water partition coefficient (Wildman–Crippen LogP) is 3.16. The molecular formula is C19H26N4O2. The molecule has 0 atom stereocenters. The van der Waals surface area contributed by atoms with Gasteiger partial charge < -0.3 is 14.6 Å². The molecule has 0 bridgehead atoms. The van der Waals surface area contributed by atoms with Gasteiger partial charge in [0.05, 0.1) is 25.0 Å². The predicted molar refractivity (Wildman–Crippen MR) is 94.0 cm³/mol. The fraction of sp³-hybridized carbons (Fsp3) is 0.579. The maximum absolute atomic E-state index is 12.9. The molecule has 0 saturated heterocycles. The molecule has 0 aliphatic heterocycles. The molecule has 1 saturated carbocycles. The zero-order chi connectivity index (χ0) is 17.2. The first-order valence-corrected chi connectivity index (χ1v) is 9.32. The Morgan fingerprint density at radius 1 is 1.32 bits per heavy atom. The number of carbonyl (C=O) groups is 1. The molecule has 2 aromatic heterocycles. The number of nitrogens with one attached hydrogen (secondary N) is 1. The molecule has 0 unspecified atom stereocenters. The highest BCUT2D eigenvalue weighted by molar-refractivity contribution is 5.74.